The number of hydrogen-bond donors (Lipinski definition) is 0. The van der Waals surface area contributed by atoms with E-state index in [0.717, 1.165) is 0 Å². The van der Waals surface area contributed by atoms with Crippen LogP contribution in [0.3, 0.4) is 0 Å². The van der Waals surface area contributed by atoms with E-state index in [2.05, 4.69) is 49.6 Å². The molecule has 0 amide bonds. The van der Waals surface area contributed by atoms with Crippen LogP contribution in [-0.2, 0) is 0 Å². The maximum absolute atomic E-state index is 2.26. The number of rotatable bonds is 2. The Kier molecular flexibility index (Phi) is 3.32. The molecule has 0 bridgehead atoms. The summed E-state index contributed by atoms with van der Waals surface area (Å²) in [4.78, 5) is 1.49. The van der Waals surface area contributed by atoms with Gasteiger partial charge >= 0.3 is 0 Å². The number of thioether (sulfide) groups is 1. The van der Waals surface area contributed by atoms with Gasteiger partial charge in [-0.3, -0.25) is 0 Å². The Hall–Kier alpha value is -0.950. The van der Waals surface area contributed by atoms with Gasteiger partial charge in [0.25, 0.3) is 0 Å². The second-order valence-electron chi connectivity index (χ2n) is 3.90. The molecule has 0 N–H and O–H groups in total. The van der Waals surface area contributed by atoms with E-state index in [1.165, 1.54) is 34.4 Å². The van der Waals surface area contributed by atoms with Gasteiger partial charge in [0.1, 0.15) is 0 Å². The van der Waals surface area contributed by atoms with E-state index in [1.54, 1.807) is 0 Å². The number of aryl methyl sites for hydroxylation is 1. The highest BCUT2D eigenvalue weighted by molar-refractivity contribution is 8.02. The molecule has 2 rings (SSSR count). The molecule has 0 saturated carbocycles. The summed E-state index contributed by atoms with van der Waals surface area (Å²) in [6.45, 7) is 2.13. The predicted octanol–water partition coefficient (Wildman–Crippen LogP) is 4.42. The minimum Gasteiger partial charge on any atom is -0.134 e. The summed E-state index contributed by atoms with van der Waals surface area (Å²) in [6, 6.07) is 8.81. The van der Waals surface area contributed by atoms with Gasteiger partial charge in [-0.15, -0.1) is 11.8 Å². The van der Waals surface area contributed by atoms with Gasteiger partial charge in [0.15, 0.2) is 0 Å². The molecule has 15 heavy (non-hydrogen) atoms. The van der Waals surface area contributed by atoms with Crippen LogP contribution >= 0.6 is 11.8 Å². The number of hydrogen-bond acceptors (Lipinski definition) is 1. The summed E-state index contributed by atoms with van der Waals surface area (Å²) in [6.07, 6.45) is 9.04. The molecule has 1 heteroatoms. The van der Waals surface area contributed by atoms with Crippen molar-refractivity contribution in [2.24, 2.45) is 0 Å². The lowest BCUT2D eigenvalue weighted by atomic mass is 9.97. The largest absolute Gasteiger partial charge is 0.134 e. The summed E-state index contributed by atoms with van der Waals surface area (Å²) in [7, 11) is 0. The molecule has 1 aromatic carbocycles. The fourth-order valence-corrected chi connectivity index (χ4v) is 2.31. The first-order valence-corrected chi connectivity index (χ1v) is 6.53. The summed E-state index contributed by atoms with van der Waals surface area (Å²) >= 11 is 1.86. The van der Waals surface area contributed by atoms with Crippen LogP contribution in [0.25, 0.3) is 5.57 Å². The van der Waals surface area contributed by atoms with Gasteiger partial charge in [0.2, 0.25) is 0 Å². The van der Waals surface area contributed by atoms with Gasteiger partial charge in [-0.2, -0.15) is 0 Å². The summed E-state index contributed by atoms with van der Waals surface area (Å²) in [5.74, 6) is 0. The predicted molar refractivity (Wildman–Crippen MR) is 70.0 cm³/mol. The second kappa shape index (κ2) is 4.71. The van der Waals surface area contributed by atoms with E-state index in [-0.39, 0.29) is 0 Å². The molecule has 0 atom stereocenters. The summed E-state index contributed by atoms with van der Waals surface area (Å²) < 4.78 is 0. The van der Waals surface area contributed by atoms with E-state index in [4.69, 9.17) is 0 Å². The first-order chi connectivity index (χ1) is 7.29. The van der Waals surface area contributed by atoms with E-state index in [9.17, 15) is 0 Å². The molecule has 1 aliphatic rings. The molecular weight excluding hydrogens is 200 g/mol. The van der Waals surface area contributed by atoms with Crippen molar-refractivity contribution in [2.45, 2.75) is 19.8 Å². The van der Waals surface area contributed by atoms with Crippen molar-refractivity contribution >= 4 is 17.3 Å². The van der Waals surface area contributed by atoms with Crippen molar-refractivity contribution < 1.29 is 0 Å². The SMILES string of the molecule is CSC1=CC=C(c2ccc(C)cc2)CC1. The lowest BCUT2D eigenvalue weighted by Gasteiger charge is -2.13. The van der Waals surface area contributed by atoms with Crippen molar-refractivity contribution in [2.75, 3.05) is 6.26 Å². The highest BCUT2D eigenvalue weighted by atomic mass is 32.2. The third kappa shape index (κ3) is 2.54. The summed E-state index contributed by atoms with van der Waals surface area (Å²) in [5.41, 5.74) is 4.17. The minimum absolute atomic E-state index is 1.18. The summed E-state index contributed by atoms with van der Waals surface area (Å²) in [5, 5.41) is 0. The quantitative estimate of drug-likeness (QED) is 0.705. The van der Waals surface area contributed by atoms with Crippen LogP contribution in [0, 0.1) is 6.92 Å². The normalized spacial score (nSPS) is 15.9. The second-order valence-corrected chi connectivity index (χ2v) is 4.83. The topological polar surface area (TPSA) is 0 Å². The molecular formula is C14H16S. The van der Waals surface area contributed by atoms with Crippen molar-refractivity contribution in [3.63, 3.8) is 0 Å². The molecule has 0 fully saturated rings. The zero-order valence-corrected chi connectivity index (χ0v) is 10.1. The average molecular weight is 216 g/mol. The zero-order valence-electron chi connectivity index (χ0n) is 9.29. The fraction of sp³-hybridized carbons (Fsp3) is 0.286. The first kappa shape index (κ1) is 10.6. The van der Waals surface area contributed by atoms with E-state index < -0.39 is 0 Å². The molecule has 0 heterocycles. The van der Waals surface area contributed by atoms with Crippen LogP contribution in [0.2, 0.25) is 0 Å². The van der Waals surface area contributed by atoms with Crippen molar-refractivity contribution in [3.05, 3.63) is 52.4 Å². The molecule has 0 radical (unpaired) electrons. The Bertz CT molecular complexity index is 396. The van der Waals surface area contributed by atoms with Crippen molar-refractivity contribution in [1.29, 1.82) is 0 Å². The van der Waals surface area contributed by atoms with Crippen molar-refractivity contribution in [3.8, 4) is 0 Å². The highest BCUT2D eigenvalue weighted by Gasteiger charge is 2.06. The molecule has 0 spiro atoms. The molecule has 0 unspecified atom stereocenters. The van der Waals surface area contributed by atoms with Gasteiger partial charge in [-0.1, -0.05) is 42.0 Å². The zero-order chi connectivity index (χ0) is 10.7. The van der Waals surface area contributed by atoms with Crippen LogP contribution in [0.1, 0.15) is 24.0 Å². The molecule has 0 aliphatic heterocycles. The van der Waals surface area contributed by atoms with E-state index >= 15 is 0 Å². The van der Waals surface area contributed by atoms with Gasteiger partial charge in [0, 0.05) is 0 Å². The number of allylic oxidation sites excluding steroid dienone is 4. The minimum atomic E-state index is 1.18. The van der Waals surface area contributed by atoms with E-state index in [0.29, 0.717) is 0 Å². The Morgan fingerprint density at radius 3 is 2.27 bits per heavy atom. The van der Waals surface area contributed by atoms with Gasteiger partial charge in [-0.05, 0) is 42.1 Å². The lowest BCUT2D eigenvalue weighted by molar-refractivity contribution is 1.04. The van der Waals surface area contributed by atoms with Gasteiger partial charge in [-0.25, -0.2) is 0 Å². The van der Waals surface area contributed by atoms with Crippen LogP contribution in [0.15, 0.2) is 41.3 Å². The highest BCUT2D eigenvalue weighted by Crippen LogP contribution is 2.30. The maximum atomic E-state index is 2.26. The standard InChI is InChI=1S/C14H16S/c1-11-3-5-12(6-4-11)13-7-9-14(15-2)10-8-13/h3-7,9H,8,10H2,1-2H3. The Morgan fingerprint density at radius 2 is 1.73 bits per heavy atom. The number of benzene rings is 1. The Labute approximate surface area is 96.1 Å². The Balaban J connectivity index is 2.22. The van der Waals surface area contributed by atoms with Gasteiger partial charge < -0.3 is 0 Å². The van der Waals surface area contributed by atoms with Crippen LogP contribution in [-0.4, -0.2) is 6.26 Å². The van der Waals surface area contributed by atoms with Crippen LogP contribution in [0.4, 0.5) is 0 Å². The molecule has 0 aromatic heterocycles. The lowest BCUT2D eigenvalue weighted by Crippen LogP contribution is -1.91. The molecule has 78 valence electrons. The smallest absolute Gasteiger partial charge is 0.0140 e. The molecule has 1 aromatic rings. The molecule has 0 nitrogen and oxygen atoms in total. The Morgan fingerprint density at radius 1 is 1.00 bits per heavy atom. The third-order valence-electron chi connectivity index (χ3n) is 2.80. The molecule has 0 saturated heterocycles. The average Bonchev–Trinajstić information content (AvgIpc) is 2.30. The van der Waals surface area contributed by atoms with Crippen LogP contribution in [0.5, 0.6) is 0 Å². The third-order valence-corrected chi connectivity index (χ3v) is 3.66. The van der Waals surface area contributed by atoms with E-state index in [1.807, 2.05) is 11.8 Å². The van der Waals surface area contributed by atoms with Gasteiger partial charge in [0.05, 0.1) is 0 Å². The monoisotopic (exact) mass is 216 g/mol. The fourth-order valence-electron chi connectivity index (χ4n) is 1.80. The van der Waals surface area contributed by atoms with Crippen molar-refractivity contribution in [1.82, 2.24) is 0 Å². The molecule has 1 aliphatic carbocycles. The van der Waals surface area contributed by atoms with Crippen LogP contribution < -0.4 is 0 Å². The first-order valence-electron chi connectivity index (χ1n) is 5.30. The maximum Gasteiger partial charge on any atom is -0.0140 e.